The van der Waals surface area contributed by atoms with Crippen LogP contribution in [0.15, 0.2) is 53.8 Å². The van der Waals surface area contributed by atoms with Gasteiger partial charge in [0, 0.05) is 49.5 Å². The Balaban J connectivity index is 1.25. The van der Waals surface area contributed by atoms with Crippen LogP contribution in [0.5, 0.6) is 5.88 Å². The molecule has 28 heavy (non-hydrogen) atoms. The molecule has 6 nitrogen and oxygen atoms in total. The standard InChI is InChI=1S/C22H27N5O/c1-23-22(25-11-9-18-14-26-20-5-3-2-4-19(18)20)27-13-17-8-10-24-21(12-17)28-15-16-6-7-16/h2-5,8,10,12,14,16,26H,6-7,9,11,13,15H2,1H3,(H2,23,25,27). The molecule has 146 valence electrons. The van der Waals surface area contributed by atoms with Gasteiger partial charge in [0.15, 0.2) is 5.96 Å². The second-order valence-electron chi connectivity index (χ2n) is 7.22. The first-order valence-electron chi connectivity index (χ1n) is 9.89. The van der Waals surface area contributed by atoms with Gasteiger partial charge in [-0.2, -0.15) is 0 Å². The van der Waals surface area contributed by atoms with E-state index in [9.17, 15) is 0 Å². The van der Waals surface area contributed by atoms with Crippen molar-refractivity contribution in [3.63, 3.8) is 0 Å². The van der Waals surface area contributed by atoms with Crippen molar-refractivity contribution in [2.24, 2.45) is 10.9 Å². The van der Waals surface area contributed by atoms with Crippen LogP contribution in [0.4, 0.5) is 0 Å². The highest BCUT2D eigenvalue weighted by Gasteiger charge is 2.22. The topological polar surface area (TPSA) is 74.3 Å². The van der Waals surface area contributed by atoms with Gasteiger partial charge in [-0.1, -0.05) is 18.2 Å². The highest BCUT2D eigenvalue weighted by atomic mass is 16.5. The van der Waals surface area contributed by atoms with Crippen molar-refractivity contribution < 1.29 is 4.74 Å². The number of para-hydroxylation sites is 1. The number of ether oxygens (including phenoxy) is 1. The largest absolute Gasteiger partial charge is 0.477 e. The van der Waals surface area contributed by atoms with Crippen molar-refractivity contribution in [1.82, 2.24) is 20.6 Å². The number of hydrogen-bond donors (Lipinski definition) is 3. The molecule has 0 saturated heterocycles. The molecule has 1 aromatic carbocycles. The molecule has 2 aromatic heterocycles. The van der Waals surface area contributed by atoms with Crippen molar-refractivity contribution in [2.75, 3.05) is 20.2 Å². The number of nitrogens with one attached hydrogen (secondary N) is 3. The molecule has 0 bridgehead atoms. The number of hydrogen-bond acceptors (Lipinski definition) is 3. The maximum Gasteiger partial charge on any atom is 0.213 e. The Kier molecular flexibility index (Phi) is 5.75. The Labute approximate surface area is 165 Å². The lowest BCUT2D eigenvalue weighted by Gasteiger charge is -2.12. The highest BCUT2D eigenvalue weighted by Crippen LogP contribution is 2.29. The molecule has 0 radical (unpaired) electrons. The summed E-state index contributed by atoms with van der Waals surface area (Å²) in [5.74, 6) is 2.22. The van der Waals surface area contributed by atoms with E-state index in [4.69, 9.17) is 4.74 Å². The van der Waals surface area contributed by atoms with Gasteiger partial charge in [-0.3, -0.25) is 4.99 Å². The van der Waals surface area contributed by atoms with Gasteiger partial charge in [0.1, 0.15) is 0 Å². The molecule has 0 atom stereocenters. The Morgan fingerprint density at radius 1 is 1.25 bits per heavy atom. The second-order valence-corrected chi connectivity index (χ2v) is 7.22. The minimum absolute atomic E-state index is 0.676. The fourth-order valence-electron chi connectivity index (χ4n) is 3.19. The number of nitrogens with zero attached hydrogens (tertiary/aromatic N) is 2. The van der Waals surface area contributed by atoms with Crippen LogP contribution >= 0.6 is 0 Å². The maximum atomic E-state index is 5.76. The number of aliphatic imine (C=N–C) groups is 1. The van der Waals surface area contributed by atoms with Crippen LogP contribution in [0.2, 0.25) is 0 Å². The molecule has 3 aromatic rings. The molecule has 1 fully saturated rings. The molecular formula is C22H27N5O. The van der Waals surface area contributed by atoms with E-state index in [0.717, 1.165) is 37.0 Å². The maximum absolute atomic E-state index is 5.76. The van der Waals surface area contributed by atoms with Crippen LogP contribution in [0.3, 0.4) is 0 Å². The van der Waals surface area contributed by atoms with Gasteiger partial charge in [-0.25, -0.2) is 4.98 Å². The average Bonchev–Trinajstić information content (AvgIpc) is 3.48. The predicted molar refractivity (Wildman–Crippen MR) is 113 cm³/mol. The summed E-state index contributed by atoms with van der Waals surface area (Å²) in [5, 5.41) is 8.02. The quantitative estimate of drug-likeness (QED) is 0.416. The summed E-state index contributed by atoms with van der Waals surface area (Å²) < 4.78 is 5.76. The Morgan fingerprint density at radius 3 is 3.00 bits per heavy atom. The van der Waals surface area contributed by atoms with Crippen LogP contribution in [0.1, 0.15) is 24.0 Å². The van der Waals surface area contributed by atoms with Crippen molar-refractivity contribution in [3.8, 4) is 5.88 Å². The predicted octanol–water partition coefficient (Wildman–Crippen LogP) is 3.26. The summed E-state index contributed by atoms with van der Waals surface area (Å²) in [6, 6.07) is 12.4. The van der Waals surface area contributed by atoms with Crippen LogP contribution in [-0.2, 0) is 13.0 Å². The smallest absolute Gasteiger partial charge is 0.213 e. The fourth-order valence-corrected chi connectivity index (χ4v) is 3.19. The molecule has 0 unspecified atom stereocenters. The number of aromatic amines is 1. The first-order valence-corrected chi connectivity index (χ1v) is 9.89. The zero-order valence-corrected chi connectivity index (χ0v) is 16.2. The third-order valence-electron chi connectivity index (χ3n) is 5.01. The van der Waals surface area contributed by atoms with Gasteiger partial charge in [-0.05, 0) is 48.4 Å². The van der Waals surface area contributed by atoms with Crippen LogP contribution in [-0.4, -0.2) is 36.1 Å². The summed E-state index contributed by atoms with van der Waals surface area (Å²) >= 11 is 0. The van der Waals surface area contributed by atoms with Crippen molar-refractivity contribution in [2.45, 2.75) is 25.8 Å². The second kappa shape index (κ2) is 8.78. The number of aromatic nitrogens is 2. The third kappa shape index (κ3) is 4.82. The summed E-state index contributed by atoms with van der Waals surface area (Å²) in [6.45, 7) is 2.27. The molecule has 6 heteroatoms. The lowest BCUT2D eigenvalue weighted by atomic mass is 10.1. The zero-order chi connectivity index (χ0) is 19.2. The number of benzene rings is 1. The first kappa shape index (κ1) is 18.3. The SMILES string of the molecule is CN=C(NCCc1c[nH]c2ccccc12)NCc1ccnc(OCC2CC2)c1. The van der Waals surface area contributed by atoms with Gasteiger partial charge in [0.25, 0.3) is 0 Å². The monoisotopic (exact) mass is 377 g/mol. The summed E-state index contributed by atoms with van der Waals surface area (Å²) in [4.78, 5) is 11.9. The normalized spacial score (nSPS) is 14.2. The number of pyridine rings is 1. The van der Waals surface area contributed by atoms with E-state index >= 15 is 0 Å². The molecule has 1 aliphatic rings. The van der Waals surface area contributed by atoms with E-state index < -0.39 is 0 Å². The lowest BCUT2D eigenvalue weighted by molar-refractivity contribution is 0.288. The molecule has 4 rings (SSSR count). The molecule has 1 saturated carbocycles. The van der Waals surface area contributed by atoms with Gasteiger partial charge in [0.2, 0.25) is 5.88 Å². The van der Waals surface area contributed by atoms with Gasteiger partial charge >= 0.3 is 0 Å². The van der Waals surface area contributed by atoms with Gasteiger partial charge in [0.05, 0.1) is 6.61 Å². The molecular weight excluding hydrogens is 350 g/mol. The summed E-state index contributed by atoms with van der Waals surface area (Å²) in [7, 11) is 1.79. The zero-order valence-electron chi connectivity index (χ0n) is 16.2. The first-order chi connectivity index (χ1) is 13.8. The average molecular weight is 377 g/mol. The minimum Gasteiger partial charge on any atom is -0.477 e. The Hall–Kier alpha value is -3.02. The number of H-pyrrole nitrogens is 1. The third-order valence-corrected chi connectivity index (χ3v) is 5.01. The Morgan fingerprint density at radius 2 is 2.14 bits per heavy atom. The van der Waals surface area contributed by atoms with Gasteiger partial charge < -0.3 is 20.4 Å². The fraction of sp³-hybridized carbons (Fsp3) is 0.364. The molecule has 2 heterocycles. The van der Waals surface area contributed by atoms with Crippen molar-refractivity contribution in [3.05, 3.63) is 59.9 Å². The van der Waals surface area contributed by atoms with E-state index in [-0.39, 0.29) is 0 Å². The van der Waals surface area contributed by atoms with E-state index in [1.807, 2.05) is 18.2 Å². The van der Waals surface area contributed by atoms with Gasteiger partial charge in [-0.15, -0.1) is 0 Å². The highest BCUT2D eigenvalue weighted by molar-refractivity contribution is 5.83. The van der Waals surface area contributed by atoms with Crippen LogP contribution < -0.4 is 15.4 Å². The molecule has 0 spiro atoms. The van der Waals surface area contributed by atoms with Crippen LogP contribution in [0, 0.1) is 5.92 Å². The summed E-state index contributed by atoms with van der Waals surface area (Å²) in [6.07, 6.45) is 7.37. The molecule has 0 amide bonds. The number of guanidine groups is 1. The molecule has 3 N–H and O–H groups in total. The van der Waals surface area contributed by atoms with E-state index in [1.165, 1.54) is 29.3 Å². The lowest BCUT2D eigenvalue weighted by Crippen LogP contribution is -2.37. The van der Waals surface area contributed by atoms with E-state index in [1.54, 1.807) is 13.2 Å². The minimum atomic E-state index is 0.676. The van der Waals surface area contributed by atoms with Crippen molar-refractivity contribution in [1.29, 1.82) is 0 Å². The van der Waals surface area contributed by atoms with Crippen LogP contribution in [0.25, 0.3) is 10.9 Å². The molecule has 0 aliphatic heterocycles. The van der Waals surface area contributed by atoms with E-state index in [0.29, 0.717) is 12.4 Å². The molecule has 1 aliphatic carbocycles. The Bertz CT molecular complexity index is 945. The summed E-state index contributed by atoms with van der Waals surface area (Å²) in [5.41, 5.74) is 3.61. The van der Waals surface area contributed by atoms with Crippen molar-refractivity contribution >= 4 is 16.9 Å². The van der Waals surface area contributed by atoms with E-state index in [2.05, 4.69) is 50.0 Å². The number of fused-ring (bicyclic) bond motifs is 1. The number of rotatable bonds is 8.